The van der Waals surface area contributed by atoms with Crippen LogP contribution in [0.5, 0.6) is 34.5 Å². The summed E-state index contributed by atoms with van der Waals surface area (Å²) in [5, 5.41) is 57.2. The van der Waals surface area contributed by atoms with Crippen LogP contribution in [-0.2, 0) is 0 Å². The van der Waals surface area contributed by atoms with Gasteiger partial charge in [-0.15, -0.1) is 0 Å². The fourth-order valence-electron chi connectivity index (χ4n) is 20.3. The minimum absolute atomic E-state index is 0. The molecule has 6 nitrogen and oxygen atoms in total. The van der Waals surface area contributed by atoms with Gasteiger partial charge in [-0.1, -0.05) is 230 Å². The Kier molecular flexibility index (Phi) is 34.0. The van der Waals surface area contributed by atoms with E-state index in [1.165, 1.54) is 94.7 Å². The molecule has 0 saturated heterocycles. The standard InChI is InChI=1S/C16H24.2C11H18.2C10H8O.4C6H6O.3C2H6.3CH4/c1-8-4-11-12(5-8)14-7-13(11)15-9-2-3-10(6-9)16(14)15;2*1-7-4-10-8-2-3-9(6-8)11(10)5-7;2*11-10-7-3-5-8-4-1-2-6-9(8)10;4*7-6-4-2-1-3-5-6;3*1-2;;;/h8-16H,2-7H2,1H3;2*7-11H,2-6H2,1H3;2*1-7,11H;4*1-5,7H;3*1-2H3;3*1H4. The molecule has 16 unspecified atom stereocenters. The van der Waals surface area contributed by atoms with Crippen LogP contribution in [0.3, 0.4) is 0 Å². The number of rotatable bonds is 0. The second kappa shape index (κ2) is 40.8. The fourth-order valence-corrected chi connectivity index (χ4v) is 20.3. The van der Waals surface area contributed by atoms with Gasteiger partial charge in [0.2, 0.25) is 0 Å². The highest BCUT2D eigenvalue weighted by atomic mass is 16.3. The number of hydrogen-bond donors (Lipinski definition) is 6. The van der Waals surface area contributed by atoms with Gasteiger partial charge in [0.15, 0.2) is 0 Å². The third-order valence-corrected chi connectivity index (χ3v) is 23.4. The monoisotopic (exact) mass is 1320 g/mol. The van der Waals surface area contributed by atoms with Crippen LogP contribution in [0.1, 0.15) is 187 Å². The van der Waals surface area contributed by atoms with Crippen LogP contribution in [-0.4, -0.2) is 30.6 Å². The van der Waals surface area contributed by atoms with E-state index < -0.39 is 0 Å². The lowest BCUT2D eigenvalue weighted by molar-refractivity contribution is 0.0716. The van der Waals surface area contributed by atoms with Gasteiger partial charge in [0.05, 0.1) is 0 Å². The van der Waals surface area contributed by atoms with Crippen molar-refractivity contribution in [3.05, 3.63) is 206 Å². The summed E-state index contributed by atoms with van der Waals surface area (Å²) in [6.45, 7) is 19.4. The Morgan fingerprint density at radius 1 is 0.227 bits per heavy atom. The predicted molar refractivity (Wildman–Crippen MR) is 415 cm³/mol. The highest BCUT2D eigenvalue weighted by Gasteiger charge is 2.66. The fraction of sp³-hybridized carbons (Fsp3) is 0.516. The first-order valence-electron chi connectivity index (χ1n) is 37.1. The first-order valence-corrected chi connectivity index (χ1v) is 37.1. The largest absolute Gasteiger partial charge is 0.508 e. The molecule has 530 valence electrons. The second-order valence-electron chi connectivity index (χ2n) is 28.8. The molecule has 0 aromatic heterocycles. The summed E-state index contributed by atoms with van der Waals surface area (Å²) >= 11 is 0. The zero-order chi connectivity index (χ0) is 67.1. The first-order chi connectivity index (χ1) is 45.8. The summed E-state index contributed by atoms with van der Waals surface area (Å²) in [5.41, 5.74) is 0. The molecule has 11 saturated carbocycles. The van der Waals surface area contributed by atoms with Crippen LogP contribution >= 0.6 is 0 Å². The molecule has 8 aromatic rings. The third-order valence-electron chi connectivity index (χ3n) is 23.4. The van der Waals surface area contributed by atoms with Crippen molar-refractivity contribution in [1.29, 1.82) is 0 Å². The lowest BCUT2D eigenvalue weighted by atomic mass is 9.64. The predicted octanol–water partition coefficient (Wildman–Crippen LogP) is 25.8. The molecule has 6 heteroatoms. The van der Waals surface area contributed by atoms with Gasteiger partial charge in [-0.05, 0) is 287 Å². The van der Waals surface area contributed by atoms with E-state index in [2.05, 4.69) is 20.8 Å². The van der Waals surface area contributed by atoms with Gasteiger partial charge in [0, 0.05) is 10.8 Å². The number of fused-ring (bicyclic) bond motifs is 24. The smallest absolute Gasteiger partial charge is 0.123 e. The van der Waals surface area contributed by atoms with Gasteiger partial charge in [-0.2, -0.15) is 0 Å². The average Bonchev–Trinajstić information content (AvgIpc) is 1.53. The van der Waals surface area contributed by atoms with Gasteiger partial charge in [0.25, 0.3) is 0 Å². The molecule has 0 radical (unpaired) electrons. The second-order valence-corrected chi connectivity index (χ2v) is 28.8. The SMILES string of the molecule is C.C.C.CC.CC.CC.CC1CC2C(C1)C1CC2C2C3CCC(C3)C12.CC1CC2C3CCC(C3)C2C1.CC1CC2C3CCC(C3)C2C1.Oc1cccc2ccccc12.Oc1cccc2ccccc12.Oc1ccccc1.Oc1ccccc1.Oc1ccccc1.Oc1ccccc1. The quantitative estimate of drug-likeness (QED) is 0.0842. The van der Waals surface area contributed by atoms with Crippen molar-refractivity contribution in [2.45, 2.75) is 187 Å². The third kappa shape index (κ3) is 21.3. The van der Waals surface area contributed by atoms with Crippen molar-refractivity contribution in [1.82, 2.24) is 0 Å². The topological polar surface area (TPSA) is 121 Å². The summed E-state index contributed by atoms with van der Waals surface area (Å²) in [6, 6.07) is 61.4. The molecule has 0 spiro atoms. The number of benzene rings is 8. The summed E-state index contributed by atoms with van der Waals surface area (Å²) < 4.78 is 0. The van der Waals surface area contributed by atoms with E-state index in [0.717, 1.165) is 39.3 Å². The van der Waals surface area contributed by atoms with Gasteiger partial charge in [0.1, 0.15) is 34.5 Å². The molecule has 0 aliphatic heterocycles. The molecule has 11 aliphatic carbocycles. The van der Waals surface area contributed by atoms with Crippen molar-refractivity contribution in [2.24, 2.45) is 112 Å². The molecule has 11 aliphatic rings. The van der Waals surface area contributed by atoms with E-state index in [0.29, 0.717) is 34.5 Å². The maximum absolute atomic E-state index is 9.37. The molecule has 0 amide bonds. The van der Waals surface area contributed by atoms with E-state index in [4.69, 9.17) is 20.4 Å². The number of para-hydroxylation sites is 4. The van der Waals surface area contributed by atoms with Crippen molar-refractivity contribution in [2.75, 3.05) is 0 Å². The van der Waals surface area contributed by atoms with Crippen molar-refractivity contribution in [3.63, 3.8) is 0 Å². The van der Waals surface area contributed by atoms with Crippen molar-refractivity contribution >= 4 is 21.5 Å². The van der Waals surface area contributed by atoms with E-state index in [1.54, 1.807) is 212 Å². The van der Waals surface area contributed by atoms with Gasteiger partial charge >= 0.3 is 0 Å². The van der Waals surface area contributed by atoms with Crippen LogP contribution in [0.4, 0.5) is 0 Å². The Bertz CT molecular complexity index is 3030. The molecular formula is C91H130O6. The lowest BCUT2D eigenvalue weighted by Crippen LogP contribution is -2.35. The molecule has 11 fully saturated rings. The Balaban J connectivity index is 0.000000197. The van der Waals surface area contributed by atoms with Crippen LogP contribution in [0.25, 0.3) is 21.5 Å². The minimum atomic E-state index is 0. The molecule has 16 atom stereocenters. The van der Waals surface area contributed by atoms with Gasteiger partial charge in [-0.25, -0.2) is 0 Å². The molecule has 6 N–H and O–H groups in total. The Labute approximate surface area is 589 Å². The van der Waals surface area contributed by atoms with Gasteiger partial charge < -0.3 is 30.6 Å². The normalized spacial score (nSPS) is 30.2. The lowest BCUT2D eigenvalue weighted by Gasteiger charge is -2.40. The summed E-state index contributed by atoms with van der Waals surface area (Å²) in [6.07, 6.45) is 25.6. The molecule has 0 heterocycles. The first kappa shape index (κ1) is 80.8. The summed E-state index contributed by atoms with van der Waals surface area (Å²) in [7, 11) is 0. The average molecular weight is 1320 g/mol. The summed E-state index contributed by atoms with van der Waals surface area (Å²) in [5.74, 6) is 24.3. The van der Waals surface area contributed by atoms with E-state index in [9.17, 15) is 10.2 Å². The van der Waals surface area contributed by atoms with Crippen LogP contribution in [0.15, 0.2) is 206 Å². The zero-order valence-corrected chi connectivity index (χ0v) is 58.6. The van der Waals surface area contributed by atoms with Crippen molar-refractivity contribution in [3.8, 4) is 34.5 Å². The van der Waals surface area contributed by atoms with E-state index >= 15 is 0 Å². The number of phenols is 6. The highest BCUT2D eigenvalue weighted by molar-refractivity contribution is 5.88. The molecular weight excluding hydrogens is 1190 g/mol. The minimum Gasteiger partial charge on any atom is -0.508 e. The van der Waals surface area contributed by atoms with Crippen LogP contribution in [0.2, 0.25) is 0 Å². The highest BCUT2D eigenvalue weighted by Crippen LogP contribution is 2.73. The maximum atomic E-state index is 9.37. The Hall–Kier alpha value is -6.92. The van der Waals surface area contributed by atoms with E-state index in [1.807, 2.05) is 139 Å². The number of aromatic hydroxyl groups is 6. The maximum Gasteiger partial charge on any atom is 0.123 e. The molecule has 8 aromatic carbocycles. The zero-order valence-electron chi connectivity index (χ0n) is 58.6. The van der Waals surface area contributed by atoms with E-state index in [-0.39, 0.29) is 22.3 Å². The number of hydrogen-bond acceptors (Lipinski definition) is 6. The number of phenolic OH excluding ortho intramolecular Hbond substituents is 6. The van der Waals surface area contributed by atoms with Crippen LogP contribution < -0.4 is 0 Å². The molecule has 19 rings (SSSR count). The molecule has 97 heavy (non-hydrogen) atoms. The summed E-state index contributed by atoms with van der Waals surface area (Å²) in [4.78, 5) is 0. The Morgan fingerprint density at radius 2 is 0.454 bits per heavy atom. The molecule has 8 bridgehead atoms. The van der Waals surface area contributed by atoms with Gasteiger partial charge in [-0.3, -0.25) is 0 Å². The van der Waals surface area contributed by atoms with Crippen LogP contribution in [0, 0.1) is 112 Å². The van der Waals surface area contributed by atoms with Crippen molar-refractivity contribution < 1.29 is 30.6 Å². The Morgan fingerprint density at radius 3 is 0.711 bits per heavy atom.